The number of carbonyl (C=O) groups is 2. The van der Waals surface area contributed by atoms with Crippen LogP contribution in [-0.4, -0.2) is 28.3 Å². The number of benzene rings is 2. The van der Waals surface area contributed by atoms with Gasteiger partial charge < -0.3 is 9.64 Å². The molecular formula is C20H18N2O3S. The average molecular weight is 366 g/mol. The molecule has 1 saturated heterocycles. The second-order valence-electron chi connectivity index (χ2n) is 6.34. The Morgan fingerprint density at radius 2 is 1.92 bits per heavy atom. The predicted molar refractivity (Wildman–Crippen MR) is 99.4 cm³/mol. The largest absolute Gasteiger partial charge is 0.458 e. The van der Waals surface area contributed by atoms with Crippen LogP contribution in [0.3, 0.4) is 0 Å². The fourth-order valence-electron chi connectivity index (χ4n) is 3.12. The molecule has 5 nitrogen and oxygen atoms in total. The number of esters is 1. The Labute approximate surface area is 155 Å². The van der Waals surface area contributed by atoms with Gasteiger partial charge in [0, 0.05) is 19.5 Å². The number of ether oxygens (including phenoxy) is 1. The number of amides is 1. The Kier molecular flexibility index (Phi) is 4.67. The van der Waals surface area contributed by atoms with E-state index in [0.29, 0.717) is 13.1 Å². The number of para-hydroxylation sites is 1. The molecule has 0 radical (unpaired) electrons. The van der Waals surface area contributed by atoms with Gasteiger partial charge in [0.15, 0.2) is 0 Å². The number of likely N-dealkylation sites (tertiary alicyclic amines) is 1. The van der Waals surface area contributed by atoms with Crippen LogP contribution in [0.4, 0.5) is 0 Å². The lowest BCUT2D eigenvalue weighted by Gasteiger charge is -2.16. The maximum absolute atomic E-state index is 12.4. The topological polar surface area (TPSA) is 59.5 Å². The maximum atomic E-state index is 12.4. The molecular weight excluding hydrogens is 348 g/mol. The van der Waals surface area contributed by atoms with Gasteiger partial charge in [-0.05, 0) is 17.7 Å². The standard InChI is InChI=1S/C20H18N2O3S/c23-19-10-15(12-22(19)11-14-6-2-1-3-7-14)20(24)25-13-18-21-16-8-4-5-9-17(16)26-18/h1-9,15H,10-13H2/t15-/m1/s1. The van der Waals surface area contributed by atoms with Crippen LogP contribution in [0, 0.1) is 5.92 Å². The first kappa shape index (κ1) is 16.7. The lowest BCUT2D eigenvalue weighted by Crippen LogP contribution is -2.26. The smallest absolute Gasteiger partial charge is 0.311 e. The summed E-state index contributed by atoms with van der Waals surface area (Å²) in [6.45, 7) is 1.09. The highest BCUT2D eigenvalue weighted by molar-refractivity contribution is 7.18. The summed E-state index contributed by atoms with van der Waals surface area (Å²) < 4.78 is 6.49. The van der Waals surface area contributed by atoms with Crippen molar-refractivity contribution in [2.75, 3.05) is 6.54 Å². The first-order chi connectivity index (χ1) is 12.7. The highest BCUT2D eigenvalue weighted by Crippen LogP contribution is 2.24. The van der Waals surface area contributed by atoms with E-state index in [-0.39, 0.29) is 24.9 Å². The summed E-state index contributed by atoms with van der Waals surface area (Å²) in [7, 11) is 0. The first-order valence-electron chi connectivity index (χ1n) is 8.52. The third kappa shape index (κ3) is 3.60. The van der Waals surface area contributed by atoms with E-state index in [0.717, 1.165) is 20.8 Å². The molecule has 0 aliphatic carbocycles. The Bertz CT molecular complexity index is 905. The third-order valence-corrected chi connectivity index (χ3v) is 5.45. The molecule has 4 rings (SSSR count). The van der Waals surface area contributed by atoms with Crippen molar-refractivity contribution < 1.29 is 14.3 Å². The highest BCUT2D eigenvalue weighted by atomic mass is 32.1. The van der Waals surface area contributed by atoms with Gasteiger partial charge in [0.1, 0.15) is 11.6 Å². The number of hydrogen-bond acceptors (Lipinski definition) is 5. The van der Waals surface area contributed by atoms with Crippen molar-refractivity contribution in [1.29, 1.82) is 0 Å². The maximum Gasteiger partial charge on any atom is 0.311 e. The van der Waals surface area contributed by atoms with Gasteiger partial charge >= 0.3 is 5.97 Å². The second kappa shape index (κ2) is 7.25. The zero-order valence-corrected chi connectivity index (χ0v) is 14.9. The zero-order valence-electron chi connectivity index (χ0n) is 14.1. The Balaban J connectivity index is 1.34. The minimum Gasteiger partial charge on any atom is -0.458 e. The Morgan fingerprint density at radius 3 is 2.73 bits per heavy atom. The van der Waals surface area contributed by atoms with Crippen LogP contribution >= 0.6 is 11.3 Å². The van der Waals surface area contributed by atoms with Gasteiger partial charge in [0.2, 0.25) is 5.91 Å². The minimum atomic E-state index is -0.402. The van der Waals surface area contributed by atoms with Crippen molar-refractivity contribution in [1.82, 2.24) is 9.88 Å². The molecule has 0 bridgehead atoms. The van der Waals surface area contributed by atoms with Crippen LogP contribution < -0.4 is 0 Å². The van der Waals surface area contributed by atoms with E-state index in [1.54, 1.807) is 4.90 Å². The lowest BCUT2D eigenvalue weighted by molar-refractivity contribution is -0.149. The van der Waals surface area contributed by atoms with E-state index in [2.05, 4.69) is 4.98 Å². The van der Waals surface area contributed by atoms with E-state index >= 15 is 0 Å². The van der Waals surface area contributed by atoms with Gasteiger partial charge in [-0.3, -0.25) is 9.59 Å². The van der Waals surface area contributed by atoms with Gasteiger partial charge in [0.05, 0.1) is 16.1 Å². The number of thiazole rings is 1. The Morgan fingerprint density at radius 1 is 1.15 bits per heavy atom. The molecule has 1 aromatic heterocycles. The summed E-state index contributed by atoms with van der Waals surface area (Å²) in [5, 5.41) is 0.769. The summed E-state index contributed by atoms with van der Waals surface area (Å²) in [6.07, 6.45) is 0.214. The number of carbonyl (C=O) groups excluding carboxylic acids is 2. The lowest BCUT2D eigenvalue weighted by atomic mass is 10.1. The van der Waals surface area contributed by atoms with Crippen molar-refractivity contribution in [2.45, 2.75) is 19.6 Å². The predicted octanol–water partition coefficient (Wildman–Crippen LogP) is 3.39. The summed E-state index contributed by atoms with van der Waals surface area (Å²) in [4.78, 5) is 30.7. The summed E-state index contributed by atoms with van der Waals surface area (Å²) in [5.41, 5.74) is 1.97. The van der Waals surface area contributed by atoms with Crippen molar-refractivity contribution in [3.63, 3.8) is 0 Å². The molecule has 0 saturated carbocycles. The molecule has 0 unspecified atom stereocenters. The van der Waals surface area contributed by atoms with E-state index < -0.39 is 5.92 Å². The summed E-state index contributed by atoms with van der Waals surface area (Å²) in [6, 6.07) is 17.6. The van der Waals surface area contributed by atoms with Gasteiger partial charge in [-0.2, -0.15) is 0 Å². The van der Waals surface area contributed by atoms with Crippen LogP contribution in [0.15, 0.2) is 54.6 Å². The normalized spacial score (nSPS) is 17.0. The van der Waals surface area contributed by atoms with E-state index in [9.17, 15) is 9.59 Å². The molecule has 1 amide bonds. The molecule has 1 fully saturated rings. The second-order valence-corrected chi connectivity index (χ2v) is 7.46. The van der Waals surface area contributed by atoms with Crippen molar-refractivity contribution in [2.24, 2.45) is 5.92 Å². The van der Waals surface area contributed by atoms with Crippen LogP contribution in [0.25, 0.3) is 10.2 Å². The summed E-state index contributed by atoms with van der Waals surface area (Å²) in [5.74, 6) is -0.732. The van der Waals surface area contributed by atoms with Gasteiger partial charge in [-0.1, -0.05) is 42.5 Å². The highest BCUT2D eigenvalue weighted by Gasteiger charge is 2.35. The molecule has 0 spiro atoms. The number of nitrogens with zero attached hydrogens (tertiary/aromatic N) is 2. The molecule has 1 atom stereocenters. The third-order valence-electron chi connectivity index (χ3n) is 4.44. The average Bonchev–Trinajstić information content (AvgIpc) is 3.24. The van der Waals surface area contributed by atoms with E-state index in [4.69, 9.17) is 4.74 Å². The molecule has 3 aromatic rings. The molecule has 2 aromatic carbocycles. The fraction of sp³-hybridized carbons (Fsp3) is 0.250. The van der Waals surface area contributed by atoms with Crippen LogP contribution in [0.2, 0.25) is 0 Å². The fourth-order valence-corrected chi connectivity index (χ4v) is 4.00. The molecule has 0 N–H and O–H groups in total. The van der Waals surface area contributed by atoms with Gasteiger partial charge in [-0.15, -0.1) is 11.3 Å². The Hall–Kier alpha value is -2.73. The minimum absolute atomic E-state index is 0.00390. The van der Waals surface area contributed by atoms with Crippen molar-refractivity contribution >= 4 is 33.4 Å². The molecule has 26 heavy (non-hydrogen) atoms. The van der Waals surface area contributed by atoms with Gasteiger partial charge in [-0.25, -0.2) is 4.98 Å². The molecule has 132 valence electrons. The zero-order chi connectivity index (χ0) is 17.9. The van der Waals surface area contributed by atoms with Crippen LogP contribution in [-0.2, 0) is 27.5 Å². The molecule has 6 heteroatoms. The quantitative estimate of drug-likeness (QED) is 0.650. The van der Waals surface area contributed by atoms with Crippen molar-refractivity contribution in [3.8, 4) is 0 Å². The molecule has 2 heterocycles. The van der Waals surface area contributed by atoms with Crippen LogP contribution in [0.1, 0.15) is 17.0 Å². The molecule has 1 aliphatic rings. The van der Waals surface area contributed by atoms with Crippen molar-refractivity contribution in [3.05, 3.63) is 65.2 Å². The number of hydrogen-bond donors (Lipinski definition) is 0. The van der Waals surface area contributed by atoms with E-state index in [1.807, 2.05) is 54.6 Å². The first-order valence-corrected chi connectivity index (χ1v) is 9.33. The monoisotopic (exact) mass is 366 g/mol. The summed E-state index contributed by atoms with van der Waals surface area (Å²) >= 11 is 1.52. The number of aromatic nitrogens is 1. The SMILES string of the molecule is O=C(OCc1nc2ccccc2s1)[C@@H]1CC(=O)N(Cc2ccccc2)C1. The number of fused-ring (bicyclic) bond motifs is 1. The number of rotatable bonds is 5. The molecule has 1 aliphatic heterocycles. The van der Waals surface area contributed by atoms with Crippen LogP contribution in [0.5, 0.6) is 0 Å². The van der Waals surface area contributed by atoms with E-state index in [1.165, 1.54) is 11.3 Å². The van der Waals surface area contributed by atoms with Gasteiger partial charge in [0.25, 0.3) is 0 Å².